The van der Waals surface area contributed by atoms with Crippen molar-refractivity contribution in [2.75, 3.05) is 26.4 Å². The van der Waals surface area contributed by atoms with Gasteiger partial charge in [0.2, 0.25) is 0 Å². The first kappa shape index (κ1) is 83.5. The second kappa shape index (κ2) is 71.5. The van der Waals surface area contributed by atoms with E-state index < -0.39 is 26.5 Å². The fourth-order valence-corrected chi connectivity index (χ4v) is 11.7. The van der Waals surface area contributed by atoms with Crippen LogP contribution in [0.3, 0.4) is 0 Å². The van der Waals surface area contributed by atoms with Gasteiger partial charge in [-0.05, 0) is 64.2 Å². The summed E-state index contributed by atoms with van der Waals surface area (Å²) in [5.74, 6) is -0.814. The molecule has 2 unspecified atom stereocenters. The Bertz CT molecular complexity index is 1640. The lowest BCUT2D eigenvalue weighted by Gasteiger charge is -2.19. The van der Waals surface area contributed by atoms with Gasteiger partial charge < -0.3 is 20.1 Å². The van der Waals surface area contributed by atoms with Gasteiger partial charge in [0, 0.05) is 19.4 Å². The van der Waals surface area contributed by atoms with Crippen molar-refractivity contribution in [1.82, 2.24) is 0 Å². The summed E-state index contributed by atoms with van der Waals surface area (Å²) in [5.41, 5.74) is 5.41. The minimum absolute atomic E-state index is 0.0526. The summed E-state index contributed by atoms with van der Waals surface area (Å²) in [5, 5.41) is 0. The minimum Gasteiger partial charge on any atom is -0.462 e. The molecule has 0 saturated heterocycles. The molecule has 0 aromatic heterocycles. The number of hydrogen-bond acceptors (Lipinski definition) is 8. The van der Waals surface area contributed by atoms with Gasteiger partial charge in [-0.1, -0.05) is 363 Å². The molecular weight excluding hydrogens is 1090 g/mol. The van der Waals surface area contributed by atoms with Crippen LogP contribution in [0, 0.1) is 0 Å². The molecule has 2 atom stereocenters. The molecule has 3 N–H and O–H groups in total. The summed E-state index contributed by atoms with van der Waals surface area (Å²) >= 11 is 0. The van der Waals surface area contributed by atoms with Crippen molar-refractivity contribution >= 4 is 19.8 Å². The number of rotatable bonds is 70. The van der Waals surface area contributed by atoms with Crippen LogP contribution >= 0.6 is 7.82 Å². The lowest BCUT2D eigenvalue weighted by molar-refractivity contribution is -0.161. The molecule has 0 fully saturated rings. The van der Waals surface area contributed by atoms with E-state index in [9.17, 15) is 19.0 Å². The number of carbonyl (C=O) groups excluding carboxylic acids is 2. The van der Waals surface area contributed by atoms with Gasteiger partial charge in [0.1, 0.15) is 6.61 Å². The van der Waals surface area contributed by atoms with E-state index in [-0.39, 0.29) is 38.6 Å². The molecule has 0 saturated carbocycles. The molecular formula is C76H140NO8P. The molecule has 0 aliphatic rings. The third-order valence-corrected chi connectivity index (χ3v) is 17.3. The predicted molar refractivity (Wildman–Crippen MR) is 372 cm³/mol. The highest BCUT2D eigenvalue weighted by atomic mass is 31.2. The molecule has 10 heteroatoms. The molecule has 0 bridgehead atoms. The van der Waals surface area contributed by atoms with Crippen molar-refractivity contribution in [3.63, 3.8) is 0 Å². The van der Waals surface area contributed by atoms with Gasteiger partial charge in [-0.3, -0.25) is 18.6 Å². The Morgan fingerprint density at radius 2 is 0.640 bits per heavy atom. The molecule has 9 nitrogen and oxygen atoms in total. The molecule has 0 spiro atoms. The molecule has 0 rings (SSSR count). The highest BCUT2D eigenvalue weighted by Gasteiger charge is 2.26. The smallest absolute Gasteiger partial charge is 0.462 e. The topological polar surface area (TPSA) is 134 Å². The monoisotopic (exact) mass is 1230 g/mol. The zero-order valence-corrected chi connectivity index (χ0v) is 57.4. The molecule has 0 aliphatic heterocycles. The SMILES string of the molecule is CC/C=C\C/C=C\C/C=C\C/C=C\C/C=C\C/C=C\CCCCCCCCCCCCCCC(=O)OC(COC(=O)CCCCCCCCCCCCCCCCCCCCCCCCCCCCCCCCCCCC)COP(=O)(O)OCCN. The summed E-state index contributed by atoms with van der Waals surface area (Å²) in [7, 11) is -4.40. The zero-order valence-electron chi connectivity index (χ0n) is 56.6. The number of nitrogens with two attached hydrogens (primary N) is 1. The lowest BCUT2D eigenvalue weighted by Crippen LogP contribution is -2.29. The van der Waals surface area contributed by atoms with Crippen LogP contribution in [0.5, 0.6) is 0 Å². The molecule has 0 radical (unpaired) electrons. The highest BCUT2D eigenvalue weighted by Crippen LogP contribution is 2.43. The van der Waals surface area contributed by atoms with Gasteiger partial charge in [-0.2, -0.15) is 0 Å². The van der Waals surface area contributed by atoms with E-state index in [0.717, 1.165) is 77.0 Å². The highest BCUT2D eigenvalue weighted by molar-refractivity contribution is 7.47. The van der Waals surface area contributed by atoms with Crippen LogP contribution in [0.4, 0.5) is 0 Å². The van der Waals surface area contributed by atoms with Crippen LogP contribution in [-0.2, 0) is 32.7 Å². The standard InChI is InChI=1S/C76H140NO8P/c1-3-5-7-9-11-13-15-17-19-21-23-25-27-29-31-33-35-36-37-39-40-42-44-46-48-50-52-54-56-58-60-62-64-66-68-75(78)82-72-74(73-84-86(80,81)83-71-70-77)85-76(79)69-67-65-63-61-59-57-55-53-51-49-47-45-43-41-38-34-32-30-28-26-24-22-20-18-16-14-12-10-8-6-4-2/h6,8,12,14,18,20,24,26,30,32,38,41,74H,3-5,7,9-11,13,15-17,19,21-23,25,27-29,31,33-37,39-40,42-73,77H2,1-2H3,(H,80,81)/b8-6-,14-12-,20-18-,26-24-,32-30-,41-38-. The maximum Gasteiger partial charge on any atom is 0.472 e. The van der Waals surface area contributed by atoms with Crippen LogP contribution in [0.2, 0.25) is 0 Å². The van der Waals surface area contributed by atoms with Crippen LogP contribution in [-0.4, -0.2) is 49.3 Å². The van der Waals surface area contributed by atoms with Crippen LogP contribution in [0.25, 0.3) is 0 Å². The van der Waals surface area contributed by atoms with Crippen molar-refractivity contribution in [1.29, 1.82) is 0 Å². The Kier molecular flexibility index (Phi) is 69.4. The summed E-state index contributed by atoms with van der Waals surface area (Å²) < 4.78 is 33.2. The normalized spacial score (nSPS) is 13.3. The Morgan fingerprint density at radius 3 is 0.953 bits per heavy atom. The van der Waals surface area contributed by atoms with Crippen LogP contribution < -0.4 is 5.73 Å². The first-order valence-electron chi connectivity index (χ1n) is 36.9. The average molecular weight is 1230 g/mol. The van der Waals surface area contributed by atoms with Crippen molar-refractivity contribution in [2.45, 2.75) is 373 Å². The quantitative estimate of drug-likeness (QED) is 0.0264. The first-order chi connectivity index (χ1) is 42.3. The summed E-state index contributed by atoms with van der Waals surface area (Å²) in [6, 6.07) is 0. The van der Waals surface area contributed by atoms with Gasteiger partial charge in [-0.25, -0.2) is 4.57 Å². The molecule has 0 amide bonds. The number of ether oxygens (including phenoxy) is 2. The van der Waals surface area contributed by atoms with E-state index >= 15 is 0 Å². The third kappa shape index (κ3) is 70.5. The van der Waals surface area contributed by atoms with Gasteiger partial charge in [0.05, 0.1) is 13.2 Å². The van der Waals surface area contributed by atoms with E-state index in [1.54, 1.807) is 0 Å². The second-order valence-corrected chi connectivity index (χ2v) is 26.2. The van der Waals surface area contributed by atoms with E-state index in [2.05, 4.69) is 86.8 Å². The minimum atomic E-state index is -4.40. The average Bonchev–Trinajstić information content (AvgIpc) is 3.58. The molecule has 0 aromatic carbocycles. The number of phosphoric ester groups is 1. The van der Waals surface area contributed by atoms with Gasteiger partial charge in [0.15, 0.2) is 6.10 Å². The molecule has 86 heavy (non-hydrogen) atoms. The van der Waals surface area contributed by atoms with Crippen molar-refractivity contribution in [2.24, 2.45) is 5.73 Å². The fraction of sp³-hybridized carbons (Fsp3) is 0.816. The van der Waals surface area contributed by atoms with Crippen molar-refractivity contribution in [3.05, 3.63) is 72.9 Å². The molecule has 0 aromatic rings. The number of carbonyl (C=O) groups is 2. The maximum atomic E-state index is 12.8. The maximum absolute atomic E-state index is 12.8. The van der Waals surface area contributed by atoms with E-state index in [4.69, 9.17) is 24.3 Å². The number of esters is 2. The number of hydrogen-bond donors (Lipinski definition) is 2. The van der Waals surface area contributed by atoms with E-state index in [1.165, 1.54) is 257 Å². The van der Waals surface area contributed by atoms with E-state index in [0.29, 0.717) is 6.42 Å². The summed E-state index contributed by atoms with van der Waals surface area (Å²) in [4.78, 5) is 35.4. The number of allylic oxidation sites excluding steroid dienone is 12. The Hall–Kier alpha value is -2.55. The number of phosphoric acid groups is 1. The van der Waals surface area contributed by atoms with Crippen molar-refractivity contribution < 1.29 is 37.6 Å². The zero-order chi connectivity index (χ0) is 62.3. The van der Waals surface area contributed by atoms with Crippen LogP contribution in [0.1, 0.15) is 367 Å². The Morgan fingerprint density at radius 1 is 0.360 bits per heavy atom. The van der Waals surface area contributed by atoms with Gasteiger partial charge in [0.25, 0.3) is 0 Å². The molecule has 502 valence electrons. The predicted octanol–water partition coefficient (Wildman–Crippen LogP) is 24.4. The van der Waals surface area contributed by atoms with E-state index in [1.807, 2.05) is 0 Å². The summed E-state index contributed by atoms with van der Waals surface area (Å²) in [6.45, 7) is 3.69. The second-order valence-electron chi connectivity index (χ2n) is 24.8. The Labute approximate surface area is 532 Å². The van der Waals surface area contributed by atoms with Gasteiger partial charge >= 0.3 is 19.8 Å². The number of unbranched alkanes of at least 4 members (excludes halogenated alkanes) is 45. The van der Waals surface area contributed by atoms with Crippen molar-refractivity contribution in [3.8, 4) is 0 Å². The Balaban J connectivity index is 3.82. The fourth-order valence-electron chi connectivity index (χ4n) is 10.9. The summed E-state index contributed by atoms with van der Waals surface area (Å²) in [6.07, 6.45) is 94.5. The molecule has 0 heterocycles. The lowest BCUT2D eigenvalue weighted by atomic mass is 10.0. The third-order valence-electron chi connectivity index (χ3n) is 16.4. The van der Waals surface area contributed by atoms with Crippen LogP contribution in [0.15, 0.2) is 72.9 Å². The first-order valence-corrected chi connectivity index (χ1v) is 38.4. The van der Waals surface area contributed by atoms with Gasteiger partial charge in [-0.15, -0.1) is 0 Å². The molecule has 0 aliphatic carbocycles. The largest absolute Gasteiger partial charge is 0.472 e.